The lowest BCUT2D eigenvalue weighted by atomic mass is 9.73. The molecule has 0 radical (unpaired) electrons. The molecule has 0 aliphatic carbocycles. The number of phenolic OH excluding ortho intramolecular Hbond substituents is 2. The molecule has 3 N–H and O–H groups in total. The van der Waals surface area contributed by atoms with Gasteiger partial charge in [-0.25, -0.2) is 9.59 Å². The van der Waals surface area contributed by atoms with Gasteiger partial charge in [-0.05, 0) is 86.9 Å². The van der Waals surface area contributed by atoms with Gasteiger partial charge < -0.3 is 20.1 Å². The van der Waals surface area contributed by atoms with Crippen LogP contribution in [0.4, 0.5) is 0 Å². The Morgan fingerprint density at radius 3 is 1.66 bits per heavy atom. The standard InChI is InChI=1S/C33H36Br2O6/c1-5-10-18-16-24(20(12-7-3)29(36)27(18)34)33(23-15-9-14-22(31(38)39)26(23)32(40)41-33)25-17-19(11-6-2)28(35)30(37)21(25)13-8-4/h9,14-17,36-37H,5-8,10-13H2,1-4H3,(H,38,39). The van der Waals surface area contributed by atoms with Crippen LogP contribution in [0.5, 0.6) is 11.5 Å². The molecule has 3 aromatic rings. The molecular formula is C33H36Br2O6. The van der Waals surface area contributed by atoms with Crippen molar-refractivity contribution in [2.45, 2.75) is 84.7 Å². The van der Waals surface area contributed by atoms with Gasteiger partial charge in [0.2, 0.25) is 0 Å². The molecule has 4 rings (SSSR count). The van der Waals surface area contributed by atoms with Gasteiger partial charge in [0.1, 0.15) is 11.5 Å². The van der Waals surface area contributed by atoms with Gasteiger partial charge in [0, 0.05) is 27.8 Å². The second kappa shape index (κ2) is 12.6. The van der Waals surface area contributed by atoms with Crippen molar-refractivity contribution in [2.75, 3.05) is 0 Å². The zero-order chi connectivity index (χ0) is 30.1. The number of benzene rings is 3. The topological polar surface area (TPSA) is 104 Å². The Morgan fingerprint density at radius 1 is 0.780 bits per heavy atom. The van der Waals surface area contributed by atoms with Crippen LogP contribution in [0, 0.1) is 0 Å². The maximum absolute atomic E-state index is 13.8. The molecule has 6 nitrogen and oxygen atoms in total. The minimum absolute atomic E-state index is 0.0104. The first-order chi connectivity index (χ1) is 19.6. The Hall–Kier alpha value is -2.84. The monoisotopic (exact) mass is 686 g/mol. The van der Waals surface area contributed by atoms with E-state index in [1.807, 2.05) is 39.8 Å². The summed E-state index contributed by atoms with van der Waals surface area (Å²) in [7, 11) is 0. The quantitative estimate of drug-likeness (QED) is 0.175. The fraction of sp³-hybridized carbons (Fsp3) is 0.394. The molecule has 0 atom stereocenters. The Balaban J connectivity index is 2.29. The number of halogens is 2. The molecule has 0 saturated heterocycles. The average Bonchev–Trinajstić information content (AvgIpc) is 3.25. The molecule has 0 bridgehead atoms. The summed E-state index contributed by atoms with van der Waals surface area (Å²) in [4.78, 5) is 26.1. The third-order valence-corrected chi connectivity index (χ3v) is 9.53. The number of hydrogen-bond acceptors (Lipinski definition) is 5. The van der Waals surface area contributed by atoms with Crippen molar-refractivity contribution in [1.29, 1.82) is 0 Å². The van der Waals surface area contributed by atoms with Crippen molar-refractivity contribution in [1.82, 2.24) is 0 Å². The van der Waals surface area contributed by atoms with Crippen LogP contribution >= 0.6 is 31.9 Å². The van der Waals surface area contributed by atoms with Crippen LogP contribution in [0.3, 0.4) is 0 Å². The first kappa shape index (κ1) is 31.1. The summed E-state index contributed by atoms with van der Waals surface area (Å²) < 4.78 is 7.66. The van der Waals surface area contributed by atoms with Gasteiger partial charge in [0.25, 0.3) is 0 Å². The van der Waals surface area contributed by atoms with Gasteiger partial charge in [-0.3, -0.25) is 0 Å². The minimum atomic E-state index is -1.59. The first-order valence-corrected chi connectivity index (χ1v) is 15.8. The van der Waals surface area contributed by atoms with E-state index >= 15 is 0 Å². The number of hydrogen-bond donors (Lipinski definition) is 3. The fourth-order valence-electron chi connectivity index (χ4n) is 6.04. The van der Waals surface area contributed by atoms with E-state index in [4.69, 9.17) is 4.74 Å². The molecule has 0 aromatic heterocycles. The number of esters is 1. The molecular weight excluding hydrogens is 652 g/mol. The zero-order valence-electron chi connectivity index (χ0n) is 23.9. The number of carbonyl (C=O) groups excluding carboxylic acids is 1. The molecule has 0 fully saturated rings. The van der Waals surface area contributed by atoms with Crippen LogP contribution in [-0.4, -0.2) is 27.3 Å². The van der Waals surface area contributed by atoms with E-state index in [1.165, 1.54) is 6.07 Å². The van der Waals surface area contributed by atoms with E-state index in [1.54, 1.807) is 12.1 Å². The van der Waals surface area contributed by atoms with E-state index in [0.717, 1.165) is 24.0 Å². The van der Waals surface area contributed by atoms with Crippen molar-refractivity contribution in [3.05, 3.63) is 89.3 Å². The number of carboxylic acids is 1. The van der Waals surface area contributed by atoms with Crippen LogP contribution in [0.25, 0.3) is 0 Å². The Kier molecular flexibility index (Phi) is 9.54. The van der Waals surface area contributed by atoms with Gasteiger partial charge >= 0.3 is 11.9 Å². The number of rotatable bonds is 11. The van der Waals surface area contributed by atoms with Gasteiger partial charge in [0.15, 0.2) is 5.60 Å². The van der Waals surface area contributed by atoms with Crippen LogP contribution in [0.2, 0.25) is 0 Å². The number of aromatic hydroxyl groups is 2. The van der Waals surface area contributed by atoms with E-state index in [-0.39, 0.29) is 22.6 Å². The van der Waals surface area contributed by atoms with Crippen molar-refractivity contribution < 1.29 is 29.6 Å². The average molecular weight is 688 g/mol. The SMILES string of the molecule is CCCc1cc(C2(c3cc(CCC)c(Br)c(O)c3CCC)OC(=O)c3c(C(=O)O)cccc32)c(CCC)c(O)c1Br. The third kappa shape index (κ3) is 5.18. The highest BCUT2D eigenvalue weighted by Gasteiger charge is 2.53. The maximum atomic E-state index is 13.8. The second-order valence-corrected chi connectivity index (χ2v) is 12.1. The highest BCUT2D eigenvalue weighted by atomic mass is 79.9. The first-order valence-electron chi connectivity index (χ1n) is 14.3. The van der Waals surface area contributed by atoms with Gasteiger partial charge in [-0.15, -0.1) is 0 Å². The molecule has 41 heavy (non-hydrogen) atoms. The summed E-state index contributed by atoms with van der Waals surface area (Å²) in [5.41, 5.74) is 2.75. The maximum Gasteiger partial charge on any atom is 0.341 e. The summed E-state index contributed by atoms with van der Waals surface area (Å²) in [6.45, 7) is 8.11. The van der Waals surface area contributed by atoms with E-state index in [9.17, 15) is 24.9 Å². The molecule has 8 heteroatoms. The summed E-state index contributed by atoms with van der Waals surface area (Å²) >= 11 is 7.21. The normalized spacial score (nSPS) is 13.8. The summed E-state index contributed by atoms with van der Waals surface area (Å²) in [6, 6.07) is 8.71. The lowest BCUT2D eigenvalue weighted by molar-refractivity contribution is 0.0242. The highest BCUT2D eigenvalue weighted by Crippen LogP contribution is 2.54. The number of fused-ring (bicyclic) bond motifs is 1. The largest absolute Gasteiger partial charge is 0.506 e. The van der Waals surface area contributed by atoms with Gasteiger partial charge in [-0.2, -0.15) is 0 Å². The molecule has 1 heterocycles. The molecule has 3 aromatic carbocycles. The number of aromatic carboxylic acids is 1. The van der Waals surface area contributed by atoms with Gasteiger partial charge in [0.05, 0.1) is 20.1 Å². The van der Waals surface area contributed by atoms with Crippen LogP contribution < -0.4 is 0 Å². The van der Waals surface area contributed by atoms with E-state index < -0.39 is 17.5 Å². The Bertz CT molecular complexity index is 1440. The van der Waals surface area contributed by atoms with Crippen molar-refractivity contribution in [3.63, 3.8) is 0 Å². The molecule has 1 aliphatic rings. The summed E-state index contributed by atoms with van der Waals surface area (Å²) in [5.74, 6) is -1.81. The predicted octanol–water partition coefficient (Wildman–Crippen LogP) is 8.59. The summed E-state index contributed by atoms with van der Waals surface area (Å²) in [6.07, 6.45) is 5.36. The summed E-state index contributed by atoms with van der Waals surface area (Å²) in [5, 5.41) is 33.2. The number of cyclic esters (lactones) is 1. The second-order valence-electron chi connectivity index (χ2n) is 10.6. The molecule has 0 unspecified atom stereocenters. The van der Waals surface area contributed by atoms with Crippen LogP contribution in [0.1, 0.15) is 113 Å². The zero-order valence-corrected chi connectivity index (χ0v) is 27.0. The number of phenols is 2. The van der Waals surface area contributed by atoms with Crippen molar-refractivity contribution in [2.24, 2.45) is 0 Å². The number of aryl methyl sites for hydroxylation is 2. The number of carbonyl (C=O) groups is 2. The molecule has 0 amide bonds. The van der Waals surface area contributed by atoms with E-state index in [0.29, 0.717) is 75.3 Å². The van der Waals surface area contributed by atoms with Crippen LogP contribution in [-0.2, 0) is 36.0 Å². The lowest BCUT2D eigenvalue weighted by Gasteiger charge is -2.35. The lowest BCUT2D eigenvalue weighted by Crippen LogP contribution is -2.33. The minimum Gasteiger partial charge on any atom is -0.506 e. The predicted molar refractivity (Wildman–Crippen MR) is 166 cm³/mol. The Morgan fingerprint density at radius 2 is 1.24 bits per heavy atom. The number of carboxylic acid groups (broad SMARTS) is 1. The van der Waals surface area contributed by atoms with Crippen LogP contribution in [0.15, 0.2) is 39.3 Å². The van der Waals surface area contributed by atoms with E-state index in [2.05, 4.69) is 31.9 Å². The third-order valence-electron chi connectivity index (χ3n) is 7.76. The fourth-order valence-corrected chi connectivity index (χ4v) is 7.15. The molecule has 0 saturated carbocycles. The molecule has 1 aliphatic heterocycles. The van der Waals surface area contributed by atoms with Gasteiger partial charge in [-0.1, -0.05) is 65.5 Å². The molecule has 0 spiro atoms. The highest BCUT2D eigenvalue weighted by molar-refractivity contribution is 9.11. The smallest absolute Gasteiger partial charge is 0.341 e. The Labute approximate surface area is 258 Å². The molecule has 218 valence electrons. The number of ether oxygens (including phenoxy) is 1. The van der Waals surface area contributed by atoms with Crippen molar-refractivity contribution in [3.8, 4) is 11.5 Å². The van der Waals surface area contributed by atoms with Crippen molar-refractivity contribution >= 4 is 43.8 Å².